The standard InChI is InChI=1S/C24H14Cl4N4O4/c25-21(23(27)17-7-1-13(11-29)9-19(17)31(33)34)15-3-5-16(6-4-15)22(26)24(28)18-8-2-14(12-30)10-20(18)32(35)36/h1-10,21-24H/t21-,22-,23+,24+/m0/s1. The smallest absolute Gasteiger partial charge is 0.258 e. The van der Waals surface area contributed by atoms with E-state index in [4.69, 9.17) is 56.9 Å². The Morgan fingerprint density at radius 2 is 0.944 bits per heavy atom. The highest BCUT2D eigenvalue weighted by Crippen LogP contribution is 2.45. The Morgan fingerprint density at radius 3 is 1.22 bits per heavy atom. The van der Waals surface area contributed by atoms with Gasteiger partial charge in [0.15, 0.2) is 0 Å². The first kappa shape index (κ1) is 27.2. The van der Waals surface area contributed by atoms with E-state index < -0.39 is 31.4 Å². The fraction of sp³-hybridized carbons (Fsp3) is 0.167. The van der Waals surface area contributed by atoms with Crippen molar-refractivity contribution in [1.29, 1.82) is 10.5 Å². The van der Waals surface area contributed by atoms with Crippen LogP contribution in [0, 0.1) is 42.9 Å². The second-order valence-corrected chi connectivity index (χ2v) is 9.44. The largest absolute Gasteiger partial charge is 0.275 e. The minimum Gasteiger partial charge on any atom is -0.258 e. The average Bonchev–Trinajstić information content (AvgIpc) is 2.90. The highest BCUT2D eigenvalue weighted by Gasteiger charge is 2.30. The van der Waals surface area contributed by atoms with Crippen LogP contribution in [-0.2, 0) is 0 Å². The number of nitriles is 2. The van der Waals surface area contributed by atoms with E-state index in [0.717, 1.165) is 12.1 Å². The summed E-state index contributed by atoms with van der Waals surface area (Å²) in [6.45, 7) is 0. The van der Waals surface area contributed by atoms with Gasteiger partial charge >= 0.3 is 0 Å². The third kappa shape index (κ3) is 5.70. The van der Waals surface area contributed by atoms with Crippen LogP contribution in [0.5, 0.6) is 0 Å². The number of rotatable bonds is 8. The third-order valence-electron chi connectivity index (χ3n) is 5.39. The molecule has 0 aromatic heterocycles. The molecule has 0 aliphatic carbocycles. The molecule has 0 aliphatic heterocycles. The van der Waals surface area contributed by atoms with Crippen molar-refractivity contribution >= 4 is 57.8 Å². The molecule has 0 spiro atoms. The molecule has 0 radical (unpaired) electrons. The first-order chi connectivity index (χ1) is 17.1. The molecule has 0 saturated heterocycles. The van der Waals surface area contributed by atoms with Gasteiger partial charge in [0.05, 0.1) is 54.6 Å². The van der Waals surface area contributed by atoms with Gasteiger partial charge in [-0.15, -0.1) is 46.4 Å². The SMILES string of the molecule is N#Cc1ccc([C@@H](Cl)[C@@H](Cl)c2ccc([C@H](Cl)[C@H](Cl)c3ccc(C#N)cc3[N+](=O)[O-])cc2)c([N+](=O)[O-])c1. The van der Waals surface area contributed by atoms with E-state index in [1.807, 2.05) is 12.1 Å². The topological polar surface area (TPSA) is 134 Å². The predicted octanol–water partition coefficient (Wildman–Crippen LogP) is 7.77. The van der Waals surface area contributed by atoms with Gasteiger partial charge < -0.3 is 0 Å². The Kier molecular flexibility index (Phi) is 8.73. The van der Waals surface area contributed by atoms with Crippen LogP contribution in [0.2, 0.25) is 0 Å². The number of nitrogens with zero attached hydrogens (tertiary/aromatic N) is 4. The molecule has 0 aliphatic rings. The Bertz CT molecular complexity index is 1300. The molecule has 0 bridgehead atoms. The molecule has 0 amide bonds. The number of nitro benzene ring substituents is 2. The fourth-order valence-corrected chi connectivity index (χ4v) is 4.75. The number of alkyl halides is 4. The van der Waals surface area contributed by atoms with E-state index in [0.29, 0.717) is 11.1 Å². The zero-order valence-corrected chi connectivity index (χ0v) is 21.0. The Morgan fingerprint density at radius 1 is 0.611 bits per heavy atom. The number of hydrogen-bond acceptors (Lipinski definition) is 6. The molecule has 0 heterocycles. The van der Waals surface area contributed by atoms with Crippen LogP contribution < -0.4 is 0 Å². The van der Waals surface area contributed by atoms with Gasteiger partial charge in [-0.2, -0.15) is 10.5 Å². The van der Waals surface area contributed by atoms with Crippen molar-refractivity contribution in [3.05, 3.63) is 114 Å². The summed E-state index contributed by atoms with van der Waals surface area (Å²) in [4.78, 5) is 21.7. The molecule has 4 atom stereocenters. The predicted molar refractivity (Wildman–Crippen MR) is 136 cm³/mol. The van der Waals surface area contributed by atoms with Gasteiger partial charge in [0, 0.05) is 23.3 Å². The molecule has 8 nitrogen and oxygen atoms in total. The van der Waals surface area contributed by atoms with Crippen LogP contribution in [0.15, 0.2) is 60.7 Å². The minimum atomic E-state index is -0.987. The lowest BCUT2D eigenvalue weighted by Crippen LogP contribution is -2.06. The molecule has 36 heavy (non-hydrogen) atoms. The highest BCUT2D eigenvalue weighted by atomic mass is 35.5. The summed E-state index contributed by atoms with van der Waals surface area (Å²) < 4.78 is 0. The maximum absolute atomic E-state index is 11.5. The Hall–Kier alpha value is -3.40. The zero-order valence-electron chi connectivity index (χ0n) is 18.0. The average molecular weight is 564 g/mol. The normalized spacial score (nSPS) is 14.1. The van der Waals surface area contributed by atoms with E-state index in [2.05, 4.69) is 0 Å². The molecule has 0 N–H and O–H groups in total. The summed E-state index contributed by atoms with van der Waals surface area (Å²) in [6.07, 6.45) is 0. The summed E-state index contributed by atoms with van der Waals surface area (Å²) in [5.74, 6) is 0. The van der Waals surface area contributed by atoms with Gasteiger partial charge in [0.1, 0.15) is 0 Å². The van der Waals surface area contributed by atoms with Gasteiger partial charge in [0.2, 0.25) is 0 Å². The van der Waals surface area contributed by atoms with Crippen LogP contribution in [0.4, 0.5) is 11.4 Å². The van der Waals surface area contributed by atoms with E-state index in [9.17, 15) is 20.2 Å². The molecular weight excluding hydrogens is 550 g/mol. The number of benzene rings is 3. The van der Waals surface area contributed by atoms with Crippen LogP contribution in [-0.4, -0.2) is 9.85 Å². The van der Waals surface area contributed by atoms with Crippen LogP contribution in [0.1, 0.15) is 54.9 Å². The lowest BCUT2D eigenvalue weighted by atomic mass is 9.97. The molecule has 3 rings (SSSR count). The lowest BCUT2D eigenvalue weighted by molar-refractivity contribution is -0.385. The minimum absolute atomic E-state index is 0.121. The van der Waals surface area contributed by atoms with E-state index >= 15 is 0 Å². The molecule has 182 valence electrons. The maximum Gasteiger partial charge on any atom is 0.275 e. The summed E-state index contributed by atoms with van der Waals surface area (Å²) in [5.41, 5.74) is 1.02. The van der Waals surface area contributed by atoms with Crippen molar-refractivity contribution in [2.24, 2.45) is 0 Å². The number of halogens is 4. The summed E-state index contributed by atoms with van der Waals surface area (Å²) in [7, 11) is 0. The van der Waals surface area contributed by atoms with Gasteiger partial charge in [-0.25, -0.2) is 0 Å². The summed E-state index contributed by atoms with van der Waals surface area (Å²) in [5, 5.41) is 37.2. The molecule has 12 heteroatoms. The van der Waals surface area contributed by atoms with Crippen LogP contribution in [0.25, 0.3) is 0 Å². The van der Waals surface area contributed by atoms with Crippen molar-refractivity contribution in [3.8, 4) is 12.1 Å². The third-order valence-corrected chi connectivity index (χ3v) is 7.63. The molecule has 0 fully saturated rings. The Balaban J connectivity index is 1.85. The van der Waals surface area contributed by atoms with Crippen molar-refractivity contribution in [1.82, 2.24) is 0 Å². The second-order valence-electron chi connectivity index (χ2n) is 7.56. The molecule has 0 saturated carbocycles. The summed E-state index contributed by atoms with van der Waals surface area (Å²) in [6, 6.07) is 18.1. The van der Waals surface area contributed by atoms with Crippen LogP contribution in [0.3, 0.4) is 0 Å². The summed E-state index contributed by atoms with van der Waals surface area (Å²) >= 11 is 26.0. The Labute approximate surface area is 225 Å². The molecule has 3 aromatic rings. The zero-order chi connectivity index (χ0) is 26.6. The number of nitro groups is 2. The fourth-order valence-electron chi connectivity index (χ4n) is 3.53. The monoisotopic (exact) mass is 562 g/mol. The van der Waals surface area contributed by atoms with Gasteiger partial charge in [-0.05, 0) is 35.4 Å². The van der Waals surface area contributed by atoms with Gasteiger partial charge in [-0.1, -0.05) is 24.3 Å². The lowest BCUT2D eigenvalue weighted by Gasteiger charge is -2.20. The first-order valence-corrected chi connectivity index (χ1v) is 11.9. The van der Waals surface area contributed by atoms with E-state index in [-0.39, 0.29) is 33.6 Å². The van der Waals surface area contributed by atoms with Gasteiger partial charge in [-0.3, -0.25) is 20.2 Å². The van der Waals surface area contributed by atoms with Gasteiger partial charge in [0.25, 0.3) is 11.4 Å². The van der Waals surface area contributed by atoms with E-state index in [1.54, 1.807) is 24.3 Å². The maximum atomic E-state index is 11.5. The molecular formula is C24H14Cl4N4O4. The van der Waals surface area contributed by atoms with Crippen LogP contribution >= 0.6 is 46.4 Å². The quantitative estimate of drug-likeness (QED) is 0.156. The van der Waals surface area contributed by atoms with Crippen molar-refractivity contribution in [3.63, 3.8) is 0 Å². The van der Waals surface area contributed by atoms with E-state index in [1.165, 1.54) is 24.3 Å². The number of hydrogen-bond donors (Lipinski definition) is 0. The van der Waals surface area contributed by atoms with Crippen molar-refractivity contribution < 1.29 is 9.85 Å². The first-order valence-electron chi connectivity index (χ1n) is 10.1. The molecule has 0 unspecified atom stereocenters. The highest BCUT2D eigenvalue weighted by molar-refractivity contribution is 6.31. The second kappa shape index (κ2) is 11.6. The van der Waals surface area contributed by atoms with Crippen molar-refractivity contribution in [2.45, 2.75) is 21.5 Å². The molecule has 3 aromatic carbocycles. The van der Waals surface area contributed by atoms with Crippen molar-refractivity contribution in [2.75, 3.05) is 0 Å².